The summed E-state index contributed by atoms with van der Waals surface area (Å²) >= 11 is 0. The molecular weight excluding hydrogens is 473 g/mol. The van der Waals surface area contributed by atoms with Crippen LogP contribution in [-0.4, -0.2) is 58.1 Å². The van der Waals surface area contributed by atoms with E-state index < -0.39 is 18.7 Å². The van der Waals surface area contributed by atoms with E-state index in [0.29, 0.717) is 45.1 Å². The first-order valence-electron chi connectivity index (χ1n) is 13.3. The van der Waals surface area contributed by atoms with Crippen LogP contribution in [0.4, 0.5) is 4.39 Å². The number of aliphatic hydroxyl groups excluding tert-OH is 2. The van der Waals surface area contributed by atoms with Crippen molar-refractivity contribution in [2.45, 2.75) is 76.1 Å². The predicted octanol–water partition coefficient (Wildman–Crippen LogP) is 4.17. The van der Waals surface area contributed by atoms with Crippen molar-refractivity contribution in [3.8, 4) is 0 Å². The molecule has 0 aromatic carbocycles. The molecule has 200 valence electrons. The molecule has 0 amide bonds. The van der Waals surface area contributed by atoms with E-state index in [4.69, 9.17) is 14.7 Å². The Labute approximate surface area is 218 Å². The molecule has 2 aliphatic heterocycles. The van der Waals surface area contributed by atoms with E-state index in [-0.39, 0.29) is 24.3 Å². The highest BCUT2D eigenvalue weighted by atomic mass is 19.1. The van der Waals surface area contributed by atoms with Crippen molar-refractivity contribution in [3.05, 3.63) is 72.3 Å². The Morgan fingerprint density at radius 2 is 1.92 bits per heavy atom. The van der Waals surface area contributed by atoms with Crippen LogP contribution < -0.4 is 5.32 Å². The summed E-state index contributed by atoms with van der Waals surface area (Å²) in [5.74, 6) is 0.672. The summed E-state index contributed by atoms with van der Waals surface area (Å²) in [5, 5.41) is 33.0. The van der Waals surface area contributed by atoms with Gasteiger partial charge in [0, 0.05) is 48.7 Å². The molecule has 7 nitrogen and oxygen atoms in total. The maximum Gasteiger partial charge on any atom is 0.151 e. The molecule has 5 unspecified atom stereocenters. The third kappa shape index (κ3) is 7.92. The van der Waals surface area contributed by atoms with Gasteiger partial charge < -0.3 is 20.1 Å². The molecule has 37 heavy (non-hydrogen) atoms. The van der Waals surface area contributed by atoms with Gasteiger partial charge in [0.2, 0.25) is 0 Å². The fourth-order valence-corrected chi connectivity index (χ4v) is 5.02. The minimum absolute atomic E-state index is 0.107. The van der Waals surface area contributed by atoms with Gasteiger partial charge in [-0.25, -0.2) is 4.39 Å². The maximum absolute atomic E-state index is 13.9. The van der Waals surface area contributed by atoms with Crippen LogP contribution in [0.15, 0.2) is 82.3 Å². The van der Waals surface area contributed by atoms with E-state index in [1.54, 1.807) is 24.6 Å². The monoisotopic (exact) mass is 511 g/mol. The Hall–Kier alpha value is -2.65. The number of ether oxygens (including phenoxy) is 1. The van der Waals surface area contributed by atoms with Crippen molar-refractivity contribution in [2.24, 2.45) is 21.8 Å². The highest BCUT2D eigenvalue weighted by Gasteiger charge is 2.28. The van der Waals surface area contributed by atoms with Gasteiger partial charge in [-0.1, -0.05) is 48.6 Å². The molecule has 4 rings (SSSR count). The first-order chi connectivity index (χ1) is 18.0. The smallest absolute Gasteiger partial charge is 0.151 e. The number of aliphatic imine (C=N–C) groups is 2. The molecule has 0 saturated carbocycles. The van der Waals surface area contributed by atoms with Crippen LogP contribution >= 0.6 is 0 Å². The second-order valence-electron chi connectivity index (χ2n) is 9.84. The molecule has 0 radical (unpaired) electrons. The molecular formula is C29H38FN3O4. The Bertz CT molecular complexity index is 1020. The zero-order valence-corrected chi connectivity index (χ0v) is 21.1. The van der Waals surface area contributed by atoms with E-state index in [1.165, 1.54) is 0 Å². The largest absolute Gasteiger partial charge is 0.498 e. The number of halogens is 1. The molecule has 2 heterocycles. The van der Waals surface area contributed by atoms with Crippen molar-refractivity contribution in [3.63, 3.8) is 0 Å². The average molecular weight is 512 g/mol. The van der Waals surface area contributed by atoms with Gasteiger partial charge in [-0.05, 0) is 38.5 Å². The van der Waals surface area contributed by atoms with E-state index in [9.17, 15) is 19.7 Å². The van der Waals surface area contributed by atoms with Gasteiger partial charge in [0.15, 0.2) is 6.29 Å². The van der Waals surface area contributed by atoms with Gasteiger partial charge >= 0.3 is 0 Å². The summed E-state index contributed by atoms with van der Waals surface area (Å²) < 4.78 is 19.7. The molecule has 0 spiro atoms. The lowest BCUT2D eigenvalue weighted by Crippen LogP contribution is -2.45. The van der Waals surface area contributed by atoms with Crippen molar-refractivity contribution >= 4 is 11.4 Å². The van der Waals surface area contributed by atoms with Crippen LogP contribution in [0.1, 0.15) is 51.4 Å². The molecule has 5 atom stereocenters. The second kappa shape index (κ2) is 13.8. The fourth-order valence-electron chi connectivity index (χ4n) is 5.02. The molecule has 0 saturated heterocycles. The summed E-state index contributed by atoms with van der Waals surface area (Å²) in [5.41, 5.74) is 2.59. The standard InChI is InChI=1S/C29H38FN3O4/c30-22-11-13-23-24(16-19-37-26(23)14-12-22)33-29(36)21-8-5-17-32-28(20-6-2-1-3-7-20)25(31-18-15-21)9-4-10-27(34)35/h1-3,5-6,11,13,15,17-18,20-22,24,27,29,33-36H,4,7-10,12,14,16,19H2/b17-5+,18-15+,31-25?,32-28?. The van der Waals surface area contributed by atoms with Crippen LogP contribution in [0, 0.1) is 11.8 Å². The van der Waals surface area contributed by atoms with E-state index in [2.05, 4.69) is 17.5 Å². The molecule has 0 fully saturated rings. The van der Waals surface area contributed by atoms with E-state index >= 15 is 0 Å². The zero-order valence-electron chi connectivity index (χ0n) is 21.1. The third-order valence-electron chi connectivity index (χ3n) is 7.08. The van der Waals surface area contributed by atoms with Crippen LogP contribution in [0.2, 0.25) is 0 Å². The number of hydrogen-bond donors (Lipinski definition) is 4. The fraction of sp³-hybridized carbons (Fsp3) is 0.517. The number of aliphatic hydroxyl groups is 3. The quantitative estimate of drug-likeness (QED) is 0.366. The highest BCUT2D eigenvalue weighted by Crippen LogP contribution is 2.29. The van der Waals surface area contributed by atoms with E-state index in [1.807, 2.05) is 24.3 Å². The molecule has 4 N–H and O–H groups in total. The van der Waals surface area contributed by atoms with Gasteiger partial charge in [-0.2, -0.15) is 0 Å². The first-order valence-corrected chi connectivity index (χ1v) is 13.3. The summed E-state index contributed by atoms with van der Waals surface area (Å²) in [7, 11) is 0. The van der Waals surface area contributed by atoms with E-state index in [0.717, 1.165) is 29.2 Å². The van der Waals surface area contributed by atoms with Crippen LogP contribution in [0.25, 0.3) is 0 Å². The van der Waals surface area contributed by atoms with Crippen LogP contribution in [0.5, 0.6) is 0 Å². The lowest BCUT2D eigenvalue weighted by atomic mass is 9.90. The summed E-state index contributed by atoms with van der Waals surface area (Å²) in [6.07, 6.45) is 20.3. The van der Waals surface area contributed by atoms with Gasteiger partial charge in [0.1, 0.15) is 18.2 Å². The third-order valence-corrected chi connectivity index (χ3v) is 7.08. The molecule has 8 heteroatoms. The van der Waals surface area contributed by atoms with Crippen molar-refractivity contribution in [2.75, 3.05) is 6.61 Å². The molecule has 0 aromatic rings. The van der Waals surface area contributed by atoms with Crippen molar-refractivity contribution < 1.29 is 24.4 Å². The number of allylic oxidation sites excluding steroid dienone is 7. The Morgan fingerprint density at radius 1 is 1.03 bits per heavy atom. The summed E-state index contributed by atoms with van der Waals surface area (Å²) in [6, 6.07) is -0.118. The van der Waals surface area contributed by atoms with Crippen molar-refractivity contribution in [1.29, 1.82) is 0 Å². The number of hydrogen-bond acceptors (Lipinski definition) is 7. The topological polar surface area (TPSA) is 107 Å². The predicted molar refractivity (Wildman–Crippen MR) is 144 cm³/mol. The molecule has 2 aliphatic carbocycles. The lowest BCUT2D eigenvalue weighted by Gasteiger charge is -2.31. The van der Waals surface area contributed by atoms with Crippen LogP contribution in [-0.2, 0) is 4.74 Å². The zero-order chi connectivity index (χ0) is 26.0. The molecule has 4 aliphatic rings. The SMILES string of the molecule is OC(O)CCCC1=N/C=C/C(C(O)NC2CCOC3=C2C=CC(F)CC3)C/C=C/N=C1C1C=CC=CC1. The second-order valence-corrected chi connectivity index (χ2v) is 9.84. The minimum atomic E-state index is -1.35. The number of nitrogens with one attached hydrogen (secondary N) is 1. The molecule has 0 aromatic heterocycles. The highest BCUT2D eigenvalue weighted by molar-refractivity contribution is 6.43. The van der Waals surface area contributed by atoms with Gasteiger partial charge in [0.05, 0.1) is 18.0 Å². The van der Waals surface area contributed by atoms with Gasteiger partial charge in [-0.3, -0.25) is 15.3 Å². The maximum atomic E-state index is 13.9. The normalized spacial score (nSPS) is 30.6. The lowest BCUT2D eigenvalue weighted by molar-refractivity contribution is -0.0458. The average Bonchev–Trinajstić information content (AvgIpc) is 3.09. The van der Waals surface area contributed by atoms with Gasteiger partial charge in [0.25, 0.3) is 0 Å². The Morgan fingerprint density at radius 3 is 2.73 bits per heavy atom. The Kier molecular flexibility index (Phi) is 10.2. The number of nitrogens with zero attached hydrogens (tertiary/aromatic N) is 2. The van der Waals surface area contributed by atoms with Crippen molar-refractivity contribution in [1.82, 2.24) is 5.32 Å². The summed E-state index contributed by atoms with van der Waals surface area (Å²) in [6.45, 7) is 0.535. The molecule has 0 bridgehead atoms. The summed E-state index contributed by atoms with van der Waals surface area (Å²) in [4.78, 5) is 9.49. The number of alkyl halides is 1. The first kappa shape index (κ1) is 27.4. The number of rotatable bonds is 8. The van der Waals surface area contributed by atoms with Crippen LogP contribution in [0.3, 0.4) is 0 Å². The Balaban J connectivity index is 1.49. The van der Waals surface area contributed by atoms with Gasteiger partial charge in [-0.15, -0.1) is 0 Å². The minimum Gasteiger partial charge on any atom is -0.498 e.